The maximum atomic E-state index is 10.7. The van der Waals surface area contributed by atoms with Gasteiger partial charge in [-0.05, 0) is 6.07 Å². The van der Waals surface area contributed by atoms with E-state index >= 15 is 0 Å². The maximum absolute atomic E-state index is 10.7. The van der Waals surface area contributed by atoms with Gasteiger partial charge in [0.05, 0.1) is 7.11 Å². The van der Waals surface area contributed by atoms with Gasteiger partial charge in [0.2, 0.25) is 0 Å². The zero-order valence-electron chi connectivity index (χ0n) is 6.69. The van der Waals surface area contributed by atoms with Crippen LogP contribution in [0.5, 0.6) is 0 Å². The van der Waals surface area contributed by atoms with Crippen molar-refractivity contribution in [3.63, 3.8) is 0 Å². The fourth-order valence-electron chi connectivity index (χ4n) is 0.841. The summed E-state index contributed by atoms with van der Waals surface area (Å²) in [6.07, 6.45) is 3.97. The normalized spacial score (nSPS) is 9.42. The number of hydrogen-bond acceptors (Lipinski definition) is 3. The Morgan fingerprint density at radius 3 is 3.00 bits per heavy atom. The molecule has 4 heteroatoms. The first kappa shape index (κ1) is 8.52. The zero-order valence-corrected chi connectivity index (χ0v) is 6.69. The SMILES string of the molecule is COC(=O)Cn1ccc(C=O)c1. The summed E-state index contributed by atoms with van der Waals surface area (Å²) in [4.78, 5) is 21.0. The lowest BCUT2D eigenvalue weighted by molar-refractivity contribution is -0.141. The minimum Gasteiger partial charge on any atom is -0.468 e. The van der Waals surface area contributed by atoms with E-state index in [1.165, 1.54) is 7.11 Å². The van der Waals surface area contributed by atoms with Crippen LogP contribution in [0.1, 0.15) is 10.4 Å². The van der Waals surface area contributed by atoms with E-state index in [1.807, 2.05) is 0 Å². The Balaban J connectivity index is 2.63. The number of rotatable bonds is 3. The molecular formula is C8H9NO3. The molecule has 0 N–H and O–H groups in total. The first-order chi connectivity index (χ1) is 5.76. The predicted molar refractivity (Wildman–Crippen MR) is 41.8 cm³/mol. The Morgan fingerprint density at radius 2 is 2.50 bits per heavy atom. The van der Waals surface area contributed by atoms with Gasteiger partial charge in [0, 0.05) is 18.0 Å². The lowest BCUT2D eigenvalue weighted by atomic mass is 10.4. The van der Waals surface area contributed by atoms with Gasteiger partial charge in [-0.3, -0.25) is 9.59 Å². The summed E-state index contributed by atoms with van der Waals surface area (Å²) in [7, 11) is 1.33. The largest absolute Gasteiger partial charge is 0.468 e. The van der Waals surface area contributed by atoms with Crippen molar-refractivity contribution < 1.29 is 14.3 Å². The van der Waals surface area contributed by atoms with Crippen molar-refractivity contribution in [2.45, 2.75) is 6.54 Å². The number of hydrogen-bond donors (Lipinski definition) is 0. The number of carbonyl (C=O) groups is 2. The topological polar surface area (TPSA) is 48.3 Å². The van der Waals surface area contributed by atoms with Crippen LogP contribution >= 0.6 is 0 Å². The van der Waals surface area contributed by atoms with Crippen LogP contribution in [0.25, 0.3) is 0 Å². The molecule has 0 atom stereocenters. The first-order valence-electron chi connectivity index (χ1n) is 3.44. The molecule has 0 aliphatic rings. The zero-order chi connectivity index (χ0) is 8.97. The fraction of sp³-hybridized carbons (Fsp3) is 0.250. The molecule has 0 aromatic carbocycles. The fourth-order valence-corrected chi connectivity index (χ4v) is 0.841. The Bertz CT molecular complexity index is 290. The number of aromatic nitrogens is 1. The highest BCUT2D eigenvalue weighted by molar-refractivity contribution is 5.75. The van der Waals surface area contributed by atoms with Gasteiger partial charge < -0.3 is 9.30 Å². The molecule has 0 unspecified atom stereocenters. The smallest absolute Gasteiger partial charge is 0.325 e. The van der Waals surface area contributed by atoms with Gasteiger partial charge in [-0.2, -0.15) is 0 Å². The standard InChI is InChI=1S/C8H9NO3/c1-12-8(11)5-9-3-2-7(4-9)6-10/h2-4,6H,5H2,1H3. The van der Waals surface area contributed by atoms with E-state index in [0.29, 0.717) is 5.56 Å². The highest BCUT2D eigenvalue weighted by Gasteiger charge is 2.01. The molecule has 0 spiro atoms. The van der Waals surface area contributed by atoms with Gasteiger partial charge in [0.1, 0.15) is 6.54 Å². The molecule has 4 nitrogen and oxygen atoms in total. The van der Waals surface area contributed by atoms with Gasteiger partial charge in [-0.1, -0.05) is 0 Å². The summed E-state index contributed by atoms with van der Waals surface area (Å²) in [6, 6.07) is 1.63. The van der Waals surface area contributed by atoms with Crippen LogP contribution in [0.4, 0.5) is 0 Å². The van der Waals surface area contributed by atoms with Crippen molar-refractivity contribution in [3.05, 3.63) is 24.0 Å². The molecule has 0 saturated heterocycles. The van der Waals surface area contributed by atoms with Gasteiger partial charge in [0.25, 0.3) is 0 Å². The molecule has 1 rings (SSSR count). The van der Waals surface area contributed by atoms with Crippen molar-refractivity contribution in [3.8, 4) is 0 Å². The van der Waals surface area contributed by atoms with Crippen molar-refractivity contribution in [2.24, 2.45) is 0 Å². The maximum Gasteiger partial charge on any atom is 0.325 e. The molecule has 0 saturated carbocycles. The molecule has 0 amide bonds. The lowest BCUT2D eigenvalue weighted by Gasteiger charge is -1.98. The second-order valence-electron chi connectivity index (χ2n) is 2.31. The lowest BCUT2D eigenvalue weighted by Crippen LogP contribution is -2.09. The van der Waals surface area contributed by atoms with E-state index in [1.54, 1.807) is 23.0 Å². The quantitative estimate of drug-likeness (QED) is 0.485. The number of nitrogens with zero attached hydrogens (tertiary/aromatic N) is 1. The molecule has 1 aromatic rings. The van der Waals surface area contributed by atoms with Gasteiger partial charge in [-0.15, -0.1) is 0 Å². The molecule has 0 aliphatic heterocycles. The van der Waals surface area contributed by atoms with Crippen molar-refractivity contribution in [1.82, 2.24) is 4.57 Å². The average molecular weight is 167 g/mol. The Morgan fingerprint density at radius 1 is 1.75 bits per heavy atom. The third-order valence-electron chi connectivity index (χ3n) is 1.45. The third kappa shape index (κ3) is 1.95. The Kier molecular flexibility index (Phi) is 2.63. The van der Waals surface area contributed by atoms with E-state index in [9.17, 15) is 9.59 Å². The monoisotopic (exact) mass is 167 g/mol. The molecule has 0 fully saturated rings. The van der Waals surface area contributed by atoms with E-state index in [4.69, 9.17) is 0 Å². The number of ether oxygens (including phenoxy) is 1. The van der Waals surface area contributed by atoms with Gasteiger partial charge in [-0.25, -0.2) is 0 Å². The van der Waals surface area contributed by atoms with Crippen molar-refractivity contribution >= 4 is 12.3 Å². The number of esters is 1. The highest BCUT2D eigenvalue weighted by Crippen LogP contribution is 1.97. The summed E-state index contributed by atoms with van der Waals surface area (Å²) in [6.45, 7) is 0.143. The molecule has 0 bridgehead atoms. The molecular weight excluding hydrogens is 158 g/mol. The van der Waals surface area contributed by atoms with Crippen LogP contribution in [-0.4, -0.2) is 23.9 Å². The van der Waals surface area contributed by atoms with E-state index in [0.717, 1.165) is 6.29 Å². The van der Waals surface area contributed by atoms with E-state index in [2.05, 4.69) is 4.74 Å². The summed E-state index contributed by atoms with van der Waals surface area (Å²) in [5.74, 6) is -0.331. The summed E-state index contributed by atoms with van der Waals surface area (Å²) in [5.41, 5.74) is 0.555. The van der Waals surface area contributed by atoms with Gasteiger partial charge in [0.15, 0.2) is 6.29 Å². The summed E-state index contributed by atoms with van der Waals surface area (Å²) >= 11 is 0. The molecule has 0 aliphatic carbocycles. The minimum atomic E-state index is -0.331. The van der Waals surface area contributed by atoms with Crippen LogP contribution in [0, 0.1) is 0 Å². The van der Waals surface area contributed by atoms with Crippen LogP contribution in [-0.2, 0) is 16.1 Å². The number of aldehydes is 1. The predicted octanol–water partition coefficient (Wildman–Crippen LogP) is 0.474. The Labute approximate surface area is 69.7 Å². The number of carbonyl (C=O) groups excluding carboxylic acids is 2. The van der Waals surface area contributed by atoms with E-state index < -0.39 is 0 Å². The van der Waals surface area contributed by atoms with Crippen LogP contribution in [0.2, 0.25) is 0 Å². The molecule has 0 radical (unpaired) electrons. The summed E-state index contributed by atoms with van der Waals surface area (Å²) < 4.78 is 6.04. The molecule has 12 heavy (non-hydrogen) atoms. The average Bonchev–Trinajstić information content (AvgIpc) is 2.52. The second kappa shape index (κ2) is 3.71. The minimum absolute atomic E-state index is 0.143. The number of methoxy groups -OCH3 is 1. The van der Waals surface area contributed by atoms with Gasteiger partial charge >= 0.3 is 5.97 Å². The van der Waals surface area contributed by atoms with E-state index in [-0.39, 0.29) is 12.5 Å². The highest BCUT2D eigenvalue weighted by atomic mass is 16.5. The Hall–Kier alpha value is -1.58. The van der Waals surface area contributed by atoms with Crippen LogP contribution in [0.3, 0.4) is 0 Å². The van der Waals surface area contributed by atoms with Crippen LogP contribution < -0.4 is 0 Å². The first-order valence-corrected chi connectivity index (χ1v) is 3.44. The van der Waals surface area contributed by atoms with Crippen molar-refractivity contribution in [1.29, 1.82) is 0 Å². The summed E-state index contributed by atoms with van der Waals surface area (Å²) in [5, 5.41) is 0. The molecule has 1 heterocycles. The van der Waals surface area contributed by atoms with Crippen LogP contribution in [0.15, 0.2) is 18.5 Å². The third-order valence-corrected chi connectivity index (χ3v) is 1.45. The molecule has 1 aromatic heterocycles. The van der Waals surface area contributed by atoms with Crippen molar-refractivity contribution in [2.75, 3.05) is 7.11 Å². The molecule has 64 valence electrons. The second-order valence-corrected chi connectivity index (χ2v) is 2.31.